The smallest absolute Gasteiger partial charge is 0.251 e. The maximum absolute atomic E-state index is 10.9. The molecule has 0 unspecified atom stereocenters. The Kier molecular flexibility index (Phi) is 1.44. The van der Waals surface area contributed by atoms with E-state index in [1.807, 2.05) is 23.1 Å². The minimum atomic E-state index is -0.358. The van der Waals surface area contributed by atoms with Gasteiger partial charge >= 0.3 is 0 Å². The highest BCUT2D eigenvalue weighted by atomic mass is 32.1. The molecule has 0 aromatic carbocycles. The number of fused-ring (bicyclic) bond motifs is 1. The summed E-state index contributed by atoms with van der Waals surface area (Å²) in [4.78, 5) is 10.9. The lowest BCUT2D eigenvalue weighted by molar-refractivity contribution is 0.100. The Bertz CT molecular complexity index is 441. The monoisotopic (exact) mass is 180 g/mol. The molecule has 0 fully saturated rings. The fourth-order valence-electron chi connectivity index (χ4n) is 1.28. The van der Waals surface area contributed by atoms with Gasteiger partial charge in [-0.1, -0.05) is 0 Å². The summed E-state index contributed by atoms with van der Waals surface area (Å²) in [5.41, 5.74) is 6.88. The summed E-state index contributed by atoms with van der Waals surface area (Å²) in [6.45, 7) is 0. The number of nitrogens with zero attached hydrogens (tertiary/aromatic N) is 1. The SMILES string of the molecule is Cn1cc(C(N)=O)c2sccc21. The molecule has 2 heterocycles. The number of thiophene rings is 1. The molecule has 4 heteroatoms. The van der Waals surface area contributed by atoms with E-state index >= 15 is 0 Å². The van der Waals surface area contributed by atoms with Crippen LogP contribution in [0.15, 0.2) is 17.6 Å². The highest BCUT2D eigenvalue weighted by molar-refractivity contribution is 7.17. The summed E-state index contributed by atoms with van der Waals surface area (Å²) in [6, 6.07) is 1.98. The maximum atomic E-state index is 10.9. The zero-order chi connectivity index (χ0) is 8.72. The number of rotatable bonds is 1. The summed E-state index contributed by atoms with van der Waals surface area (Å²) in [5, 5.41) is 1.96. The Morgan fingerprint density at radius 3 is 3.08 bits per heavy atom. The van der Waals surface area contributed by atoms with Gasteiger partial charge in [0, 0.05) is 13.2 Å². The number of aryl methyl sites for hydroxylation is 1. The fourth-order valence-corrected chi connectivity index (χ4v) is 2.23. The van der Waals surface area contributed by atoms with Crippen LogP contribution < -0.4 is 5.73 Å². The summed E-state index contributed by atoms with van der Waals surface area (Å²) in [5.74, 6) is -0.358. The second-order valence-electron chi connectivity index (χ2n) is 2.65. The summed E-state index contributed by atoms with van der Waals surface area (Å²) < 4.78 is 2.89. The third-order valence-corrected chi connectivity index (χ3v) is 2.79. The average Bonchev–Trinajstić information content (AvgIpc) is 2.53. The van der Waals surface area contributed by atoms with E-state index in [4.69, 9.17) is 5.73 Å². The molecule has 2 rings (SSSR count). The van der Waals surface area contributed by atoms with E-state index in [1.54, 1.807) is 17.5 Å². The van der Waals surface area contributed by atoms with Crippen LogP contribution in [-0.4, -0.2) is 10.5 Å². The van der Waals surface area contributed by atoms with Crippen molar-refractivity contribution in [2.24, 2.45) is 12.8 Å². The molecule has 12 heavy (non-hydrogen) atoms. The number of hydrogen-bond acceptors (Lipinski definition) is 2. The number of hydrogen-bond donors (Lipinski definition) is 1. The predicted molar refractivity (Wildman–Crippen MR) is 49.3 cm³/mol. The molecule has 0 aliphatic heterocycles. The van der Waals surface area contributed by atoms with Gasteiger partial charge in [-0.05, 0) is 11.4 Å². The van der Waals surface area contributed by atoms with Gasteiger partial charge in [-0.2, -0.15) is 0 Å². The topological polar surface area (TPSA) is 48.0 Å². The average molecular weight is 180 g/mol. The first-order valence-corrected chi connectivity index (χ1v) is 4.40. The van der Waals surface area contributed by atoms with Crippen molar-refractivity contribution in [3.05, 3.63) is 23.2 Å². The standard InChI is InChI=1S/C8H8N2OS/c1-10-4-5(8(9)11)7-6(10)2-3-12-7/h2-4H,1H3,(H2,9,11). The Labute approximate surface area is 73.4 Å². The predicted octanol–water partition coefficient (Wildman–Crippen LogP) is 1.34. The van der Waals surface area contributed by atoms with Crippen molar-refractivity contribution in [2.75, 3.05) is 0 Å². The Balaban J connectivity index is 2.83. The first-order valence-electron chi connectivity index (χ1n) is 3.52. The molecule has 62 valence electrons. The third-order valence-electron chi connectivity index (χ3n) is 1.86. The van der Waals surface area contributed by atoms with Gasteiger partial charge in [0.1, 0.15) is 0 Å². The number of primary amides is 1. The van der Waals surface area contributed by atoms with Gasteiger partial charge in [-0.3, -0.25) is 4.79 Å². The molecule has 3 nitrogen and oxygen atoms in total. The highest BCUT2D eigenvalue weighted by Gasteiger charge is 2.11. The molecule has 0 aliphatic carbocycles. The molecule has 0 aliphatic rings. The van der Waals surface area contributed by atoms with E-state index in [0.29, 0.717) is 5.56 Å². The quantitative estimate of drug-likeness (QED) is 0.707. The number of carbonyl (C=O) groups excluding carboxylic acids is 1. The van der Waals surface area contributed by atoms with Crippen molar-refractivity contribution in [3.63, 3.8) is 0 Å². The molecule has 0 atom stereocenters. The number of nitrogens with two attached hydrogens (primary N) is 1. The van der Waals surface area contributed by atoms with Crippen LogP contribution >= 0.6 is 11.3 Å². The Morgan fingerprint density at radius 1 is 1.67 bits per heavy atom. The Morgan fingerprint density at radius 2 is 2.42 bits per heavy atom. The third kappa shape index (κ3) is 0.848. The first kappa shape index (κ1) is 7.36. The van der Waals surface area contributed by atoms with E-state index in [1.165, 1.54) is 0 Å². The van der Waals surface area contributed by atoms with Crippen molar-refractivity contribution in [1.29, 1.82) is 0 Å². The highest BCUT2D eigenvalue weighted by Crippen LogP contribution is 2.25. The van der Waals surface area contributed by atoms with Crippen LogP contribution in [0.5, 0.6) is 0 Å². The largest absolute Gasteiger partial charge is 0.366 e. The normalized spacial score (nSPS) is 10.8. The number of amides is 1. The lowest BCUT2D eigenvalue weighted by Gasteiger charge is -1.87. The van der Waals surface area contributed by atoms with Crippen LogP contribution in [0.2, 0.25) is 0 Å². The van der Waals surface area contributed by atoms with Crippen LogP contribution in [0.3, 0.4) is 0 Å². The molecular weight excluding hydrogens is 172 g/mol. The van der Waals surface area contributed by atoms with Gasteiger partial charge in [0.25, 0.3) is 5.91 Å². The van der Waals surface area contributed by atoms with Crippen molar-refractivity contribution in [1.82, 2.24) is 4.57 Å². The molecule has 0 radical (unpaired) electrons. The second-order valence-corrected chi connectivity index (χ2v) is 3.57. The lowest BCUT2D eigenvalue weighted by atomic mass is 10.3. The number of aromatic nitrogens is 1. The van der Waals surface area contributed by atoms with E-state index < -0.39 is 0 Å². The molecule has 2 aromatic rings. The zero-order valence-electron chi connectivity index (χ0n) is 6.57. The van der Waals surface area contributed by atoms with Gasteiger partial charge in [-0.15, -0.1) is 11.3 Å². The van der Waals surface area contributed by atoms with E-state index in [9.17, 15) is 4.79 Å². The van der Waals surface area contributed by atoms with Crippen LogP contribution in [-0.2, 0) is 7.05 Å². The van der Waals surface area contributed by atoms with E-state index in [2.05, 4.69) is 0 Å². The van der Waals surface area contributed by atoms with Crippen LogP contribution in [0, 0.1) is 0 Å². The minimum Gasteiger partial charge on any atom is -0.366 e. The minimum absolute atomic E-state index is 0.358. The van der Waals surface area contributed by atoms with E-state index in [0.717, 1.165) is 10.2 Å². The molecule has 2 N–H and O–H groups in total. The number of carbonyl (C=O) groups is 1. The van der Waals surface area contributed by atoms with Gasteiger partial charge in [0.2, 0.25) is 0 Å². The van der Waals surface area contributed by atoms with Crippen molar-refractivity contribution < 1.29 is 4.79 Å². The van der Waals surface area contributed by atoms with Gasteiger partial charge in [0.15, 0.2) is 0 Å². The molecule has 0 bridgehead atoms. The van der Waals surface area contributed by atoms with Gasteiger partial charge in [-0.25, -0.2) is 0 Å². The maximum Gasteiger partial charge on any atom is 0.251 e. The lowest BCUT2D eigenvalue weighted by Crippen LogP contribution is -2.09. The summed E-state index contributed by atoms with van der Waals surface area (Å²) >= 11 is 1.54. The molecule has 0 saturated carbocycles. The first-order chi connectivity index (χ1) is 5.70. The van der Waals surface area contributed by atoms with Crippen LogP contribution in [0.25, 0.3) is 10.2 Å². The second kappa shape index (κ2) is 2.35. The molecule has 0 spiro atoms. The molecule has 2 aromatic heterocycles. The van der Waals surface area contributed by atoms with Gasteiger partial charge in [0.05, 0.1) is 15.8 Å². The fraction of sp³-hybridized carbons (Fsp3) is 0.125. The van der Waals surface area contributed by atoms with E-state index in [-0.39, 0.29) is 5.91 Å². The zero-order valence-corrected chi connectivity index (χ0v) is 7.39. The Hall–Kier alpha value is -1.29. The van der Waals surface area contributed by atoms with Crippen molar-refractivity contribution in [3.8, 4) is 0 Å². The van der Waals surface area contributed by atoms with Gasteiger partial charge < -0.3 is 10.3 Å². The molecular formula is C8H8N2OS. The van der Waals surface area contributed by atoms with Crippen LogP contribution in [0.4, 0.5) is 0 Å². The summed E-state index contributed by atoms with van der Waals surface area (Å²) in [6.07, 6.45) is 1.77. The molecule has 1 amide bonds. The molecule has 0 saturated heterocycles. The van der Waals surface area contributed by atoms with Crippen molar-refractivity contribution in [2.45, 2.75) is 0 Å². The summed E-state index contributed by atoms with van der Waals surface area (Å²) in [7, 11) is 1.90. The van der Waals surface area contributed by atoms with Crippen LogP contribution in [0.1, 0.15) is 10.4 Å². The van der Waals surface area contributed by atoms with Crippen molar-refractivity contribution >= 4 is 27.5 Å².